The Morgan fingerprint density at radius 1 is 1.35 bits per heavy atom. The van der Waals surface area contributed by atoms with E-state index in [-0.39, 0.29) is 30.7 Å². The average Bonchev–Trinajstić information content (AvgIpc) is 3.51. The number of nitrogens with two attached hydrogens (primary N) is 1. The molecule has 2 unspecified atom stereocenters. The number of aryl methyl sites for hydroxylation is 1. The molecule has 3 fully saturated rings. The zero-order valence-electron chi connectivity index (χ0n) is 17.9. The first kappa shape index (κ1) is 20.6. The molecule has 4 N–H and O–H groups in total. The molecule has 2 aromatic rings. The van der Waals surface area contributed by atoms with Gasteiger partial charge in [0.15, 0.2) is 5.65 Å². The molecule has 31 heavy (non-hydrogen) atoms. The summed E-state index contributed by atoms with van der Waals surface area (Å²) < 4.78 is 1.82. The Bertz CT molecular complexity index is 964. The van der Waals surface area contributed by atoms with Crippen molar-refractivity contribution in [3.63, 3.8) is 0 Å². The molecular weight excluding hydrogens is 398 g/mol. The molecule has 10 heteroatoms. The summed E-state index contributed by atoms with van der Waals surface area (Å²) in [5, 5.41) is 14.1. The van der Waals surface area contributed by atoms with E-state index in [1.807, 2.05) is 28.6 Å². The van der Waals surface area contributed by atoms with E-state index in [2.05, 4.69) is 10.4 Å². The largest absolute Gasteiger partial charge is 0.394 e. The molecule has 3 aliphatic heterocycles. The number of aliphatic hydroxyl groups is 1. The number of likely N-dealkylation sites (tertiary alicyclic amines) is 1. The second-order valence-corrected chi connectivity index (χ2v) is 8.99. The van der Waals surface area contributed by atoms with Gasteiger partial charge in [0, 0.05) is 49.9 Å². The number of carbonyl (C=O) groups is 1. The van der Waals surface area contributed by atoms with Crippen LogP contribution in [0.15, 0.2) is 12.3 Å². The predicted molar refractivity (Wildman–Crippen MR) is 114 cm³/mol. The maximum atomic E-state index is 13.2. The van der Waals surface area contributed by atoms with Crippen LogP contribution in [0, 0.1) is 6.92 Å². The monoisotopic (exact) mass is 429 g/mol. The fourth-order valence-corrected chi connectivity index (χ4v) is 4.99. The van der Waals surface area contributed by atoms with Crippen LogP contribution in [0.3, 0.4) is 0 Å². The third kappa shape index (κ3) is 3.89. The minimum absolute atomic E-state index is 0.00795. The fourth-order valence-electron chi connectivity index (χ4n) is 4.99. The number of fused-ring (bicyclic) bond motifs is 1. The Morgan fingerprint density at radius 3 is 2.97 bits per heavy atom. The van der Waals surface area contributed by atoms with Crippen molar-refractivity contribution < 1.29 is 14.7 Å². The van der Waals surface area contributed by atoms with Gasteiger partial charge >= 0.3 is 0 Å². The van der Waals surface area contributed by atoms with Crippen molar-refractivity contribution in [3.05, 3.63) is 23.5 Å². The number of hydroxylamine groups is 1. The first-order valence-corrected chi connectivity index (χ1v) is 11.2. The highest BCUT2D eigenvalue weighted by molar-refractivity contribution is 5.82. The fraction of sp³-hybridized carbons (Fsp3) is 0.667. The summed E-state index contributed by atoms with van der Waals surface area (Å²) >= 11 is 0. The topological polar surface area (TPSA) is 121 Å². The number of piperidine rings is 1. The van der Waals surface area contributed by atoms with Gasteiger partial charge in [-0.15, -0.1) is 0 Å². The Labute approximate surface area is 181 Å². The molecule has 0 aliphatic carbocycles. The van der Waals surface area contributed by atoms with E-state index in [0.29, 0.717) is 13.0 Å². The van der Waals surface area contributed by atoms with E-state index in [9.17, 15) is 9.90 Å². The molecule has 0 bridgehead atoms. The van der Waals surface area contributed by atoms with Crippen LogP contribution >= 0.6 is 0 Å². The van der Waals surface area contributed by atoms with Crippen LogP contribution in [0.25, 0.3) is 5.65 Å². The van der Waals surface area contributed by atoms with Crippen LogP contribution < -0.4 is 16.1 Å². The summed E-state index contributed by atoms with van der Waals surface area (Å²) in [5.74, 6) is 0.972. The summed E-state index contributed by atoms with van der Waals surface area (Å²) in [5.41, 5.74) is 11.6. The Balaban J connectivity index is 1.41. The van der Waals surface area contributed by atoms with Gasteiger partial charge in [-0.25, -0.2) is 9.50 Å². The van der Waals surface area contributed by atoms with Crippen LogP contribution in [0.1, 0.15) is 49.4 Å². The second kappa shape index (κ2) is 8.34. The lowest BCUT2D eigenvalue weighted by molar-refractivity contribution is -0.138. The number of hydrogen-bond donors (Lipinski definition) is 3. The molecule has 10 nitrogen and oxygen atoms in total. The highest BCUT2D eigenvalue weighted by Crippen LogP contribution is 2.33. The standard InChI is InChI=1S/C21H31N7O3/c1-13-10-28-19(23-20(13)26-7-5-14(22)11-26)9-16(24-28)18-4-2-3-6-27(18)21(30)17-8-15(12-29)31-25-17/h9-10,14-15,17-18,25,29H,2-8,11-12,22H2,1H3/t14-,15?,17?,18-/m0/s1. The third-order valence-electron chi connectivity index (χ3n) is 6.65. The van der Waals surface area contributed by atoms with Gasteiger partial charge < -0.3 is 20.6 Å². The lowest BCUT2D eigenvalue weighted by atomic mass is 9.97. The molecule has 1 amide bonds. The number of hydrogen-bond acceptors (Lipinski definition) is 8. The minimum atomic E-state index is -0.430. The minimum Gasteiger partial charge on any atom is -0.394 e. The van der Waals surface area contributed by atoms with Crippen LogP contribution in [0.4, 0.5) is 5.82 Å². The Morgan fingerprint density at radius 2 is 2.23 bits per heavy atom. The molecule has 0 spiro atoms. The lowest BCUT2D eigenvalue weighted by Crippen LogP contribution is -2.47. The summed E-state index contributed by atoms with van der Waals surface area (Å²) in [7, 11) is 0. The molecule has 3 saturated heterocycles. The van der Waals surface area contributed by atoms with Crippen LogP contribution in [-0.4, -0.2) is 74.9 Å². The molecule has 2 aromatic heterocycles. The molecule has 4 atom stereocenters. The van der Waals surface area contributed by atoms with Crippen LogP contribution in [0.5, 0.6) is 0 Å². The van der Waals surface area contributed by atoms with E-state index in [0.717, 1.165) is 61.5 Å². The Hall–Kier alpha value is -2.27. The van der Waals surface area contributed by atoms with E-state index in [1.165, 1.54) is 0 Å². The third-order valence-corrected chi connectivity index (χ3v) is 6.65. The number of anilines is 1. The lowest BCUT2D eigenvalue weighted by Gasteiger charge is -2.36. The van der Waals surface area contributed by atoms with Crippen molar-refractivity contribution in [1.82, 2.24) is 25.0 Å². The van der Waals surface area contributed by atoms with Gasteiger partial charge in [0.2, 0.25) is 5.91 Å². The first-order chi connectivity index (χ1) is 15.0. The predicted octanol–water partition coefficient (Wildman–Crippen LogP) is 0.283. The van der Waals surface area contributed by atoms with E-state index in [4.69, 9.17) is 20.7 Å². The van der Waals surface area contributed by atoms with Crippen molar-refractivity contribution in [1.29, 1.82) is 0 Å². The number of aromatic nitrogens is 3. The molecular formula is C21H31N7O3. The second-order valence-electron chi connectivity index (χ2n) is 8.99. The number of aliphatic hydroxyl groups excluding tert-OH is 1. The Kier molecular flexibility index (Phi) is 5.55. The van der Waals surface area contributed by atoms with Crippen molar-refractivity contribution in [2.75, 3.05) is 31.1 Å². The molecule has 0 aromatic carbocycles. The molecule has 5 heterocycles. The van der Waals surface area contributed by atoms with Crippen molar-refractivity contribution in [3.8, 4) is 0 Å². The SMILES string of the molecule is Cc1cn2nc([C@@H]3CCCCN3C(=O)C3CC(CO)ON3)cc2nc1N1CC[C@H](N)C1. The highest BCUT2D eigenvalue weighted by atomic mass is 16.7. The zero-order chi connectivity index (χ0) is 21.5. The van der Waals surface area contributed by atoms with Crippen molar-refractivity contribution in [2.24, 2.45) is 5.73 Å². The van der Waals surface area contributed by atoms with Gasteiger partial charge in [0.1, 0.15) is 18.0 Å². The molecule has 0 radical (unpaired) electrons. The van der Waals surface area contributed by atoms with Crippen molar-refractivity contribution in [2.45, 2.75) is 63.3 Å². The number of carbonyl (C=O) groups excluding carboxylic acids is 1. The molecule has 5 rings (SSSR count). The first-order valence-electron chi connectivity index (χ1n) is 11.2. The summed E-state index contributed by atoms with van der Waals surface area (Å²) in [6.07, 6.45) is 6.04. The number of rotatable bonds is 4. The van der Waals surface area contributed by atoms with E-state index in [1.54, 1.807) is 0 Å². The van der Waals surface area contributed by atoms with Gasteiger partial charge in [0.25, 0.3) is 0 Å². The number of amides is 1. The smallest absolute Gasteiger partial charge is 0.242 e. The summed E-state index contributed by atoms with van der Waals surface area (Å²) in [4.78, 5) is 27.6. The van der Waals surface area contributed by atoms with Gasteiger partial charge in [-0.3, -0.25) is 9.63 Å². The van der Waals surface area contributed by atoms with Gasteiger partial charge in [-0.2, -0.15) is 10.6 Å². The van der Waals surface area contributed by atoms with Gasteiger partial charge in [-0.1, -0.05) is 0 Å². The van der Waals surface area contributed by atoms with Crippen LogP contribution in [0.2, 0.25) is 0 Å². The zero-order valence-corrected chi connectivity index (χ0v) is 17.9. The van der Waals surface area contributed by atoms with E-state index >= 15 is 0 Å². The molecule has 0 saturated carbocycles. The summed E-state index contributed by atoms with van der Waals surface area (Å²) in [6, 6.07) is 1.69. The van der Waals surface area contributed by atoms with Crippen molar-refractivity contribution >= 4 is 17.4 Å². The average molecular weight is 430 g/mol. The van der Waals surface area contributed by atoms with Gasteiger partial charge in [0.05, 0.1) is 18.3 Å². The van der Waals surface area contributed by atoms with Crippen LogP contribution in [-0.2, 0) is 9.63 Å². The normalized spacial score (nSPS) is 29.3. The molecule has 168 valence electrons. The maximum Gasteiger partial charge on any atom is 0.242 e. The number of nitrogens with one attached hydrogen (secondary N) is 1. The highest BCUT2D eigenvalue weighted by Gasteiger charge is 2.38. The number of nitrogens with zero attached hydrogens (tertiary/aromatic N) is 5. The quantitative estimate of drug-likeness (QED) is 0.634. The maximum absolute atomic E-state index is 13.2. The molecule has 3 aliphatic rings. The van der Waals surface area contributed by atoms with E-state index < -0.39 is 6.04 Å². The summed E-state index contributed by atoms with van der Waals surface area (Å²) in [6.45, 7) is 4.39. The van der Waals surface area contributed by atoms with Gasteiger partial charge in [-0.05, 0) is 32.6 Å².